The van der Waals surface area contributed by atoms with Gasteiger partial charge in [0.2, 0.25) is 0 Å². The molecule has 0 saturated carbocycles. The minimum Gasteiger partial charge on any atom is -0.256 e. The summed E-state index contributed by atoms with van der Waals surface area (Å²) in [5, 5.41) is 5.98. The second kappa shape index (κ2) is 10.1. The number of benzene rings is 6. The third kappa shape index (κ3) is 4.40. The van der Waals surface area contributed by atoms with Gasteiger partial charge in [0.15, 0.2) is 0 Å². The summed E-state index contributed by atoms with van der Waals surface area (Å²) in [4.78, 5) is 9.87. The minimum atomic E-state index is 0.969. The van der Waals surface area contributed by atoms with Crippen molar-refractivity contribution in [1.82, 2.24) is 9.97 Å². The Kier molecular flexibility index (Phi) is 5.82. The highest BCUT2D eigenvalue weighted by atomic mass is 14.7. The number of fused-ring (bicyclic) bond motifs is 3. The summed E-state index contributed by atoms with van der Waals surface area (Å²) < 4.78 is 0. The van der Waals surface area contributed by atoms with Gasteiger partial charge < -0.3 is 0 Å². The molecule has 196 valence electrons. The molecule has 0 spiro atoms. The lowest BCUT2D eigenvalue weighted by Crippen LogP contribution is -1.92. The predicted molar refractivity (Wildman–Crippen MR) is 176 cm³/mol. The first-order chi connectivity index (χ1) is 20.8. The topological polar surface area (TPSA) is 25.8 Å². The smallest absolute Gasteiger partial charge is 0.0787 e. The molecule has 42 heavy (non-hydrogen) atoms. The van der Waals surface area contributed by atoms with Crippen LogP contribution in [0.3, 0.4) is 0 Å². The van der Waals surface area contributed by atoms with Crippen molar-refractivity contribution in [3.63, 3.8) is 0 Å². The maximum Gasteiger partial charge on any atom is 0.0787 e. The lowest BCUT2D eigenvalue weighted by Gasteiger charge is -2.12. The van der Waals surface area contributed by atoms with Gasteiger partial charge in [0.25, 0.3) is 0 Å². The number of nitrogens with zero attached hydrogens (tertiary/aromatic N) is 2. The average Bonchev–Trinajstić information content (AvgIpc) is 3.07. The SMILES string of the molecule is c1ccc2cc(-c3ccc(-c4cc5ccccc5c(-c5ccc(-c6cnc7ccccc7c6)cc5)n4)cc3)ccc2c1. The largest absolute Gasteiger partial charge is 0.256 e. The maximum atomic E-state index is 5.22. The highest BCUT2D eigenvalue weighted by molar-refractivity contribution is 5.97. The van der Waals surface area contributed by atoms with Crippen LogP contribution >= 0.6 is 0 Å². The van der Waals surface area contributed by atoms with E-state index < -0.39 is 0 Å². The lowest BCUT2D eigenvalue weighted by molar-refractivity contribution is 1.35. The molecular formula is C40H26N2. The predicted octanol–water partition coefficient (Wildman–Crippen LogP) is 10.6. The van der Waals surface area contributed by atoms with Crippen LogP contribution < -0.4 is 0 Å². The van der Waals surface area contributed by atoms with Crippen molar-refractivity contribution in [2.75, 3.05) is 0 Å². The molecule has 0 aliphatic heterocycles. The number of hydrogen-bond donors (Lipinski definition) is 0. The van der Waals surface area contributed by atoms with E-state index in [-0.39, 0.29) is 0 Å². The molecular weight excluding hydrogens is 508 g/mol. The Bertz CT molecular complexity index is 2230. The summed E-state index contributed by atoms with van der Waals surface area (Å²) in [7, 11) is 0. The number of rotatable bonds is 4. The first kappa shape index (κ1) is 24.2. The van der Waals surface area contributed by atoms with Crippen molar-refractivity contribution in [2.24, 2.45) is 0 Å². The first-order valence-corrected chi connectivity index (χ1v) is 14.2. The molecule has 6 aromatic carbocycles. The molecule has 0 amide bonds. The number of hydrogen-bond acceptors (Lipinski definition) is 2. The average molecular weight is 535 g/mol. The van der Waals surface area contributed by atoms with Crippen molar-refractivity contribution in [3.05, 3.63) is 158 Å². The van der Waals surface area contributed by atoms with E-state index in [2.05, 4.69) is 145 Å². The molecule has 0 N–H and O–H groups in total. The number of pyridine rings is 2. The van der Waals surface area contributed by atoms with Gasteiger partial charge in [-0.1, -0.05) is 127 Å². The number of aromatic nitrogens is 2. The third-order valence-corrected chi connectivity index (χ3v) is 8.09. The Labute approximate surface area is 244 Å². The summed E-state index contributed by atoms with van der Waals surface area (Å²) in [5.41, 5.74) is 9.83. The van der Waals surface area contributed by atoms with E-state index in [1.165, 1.54) is 27.3 Å². The van der Waals surface area contributed by atoms with Crippen molar-refractivity contribution in [3.8, 4) is 44.8 Å². The van der Waals surface area contributed by atoms with Crippen LogP contribution in [0.25, 0.3) is 77.2 Å². The Morgan fingerprint density at radius 1 is 0.357 bits per heavy atom. The standard InChI is InChI=1S/C40H26N2/c1-2-8-32-23-33(22-17-27(32)7-1)28-13-18-30(19-14-28)39-25-34-9-3-5-11-37(34)40(42-39)31-20-15-29(16-21-31)36-24-35-10-4-6-12-38(35)41-26-36/h1-26H. The van der Waals surface area contributed by atoms with E-state index in [1.807, 2.05) is 18.3 Å². The molecule has 0 fully saturated rings. The molecule has 0 bridgehead atoms. The molecule has 2 heteroatoms. The van der Waals surface area contributed by atoms with Crippen LogP contribution in [-0.4, -0.2) is 9.97 Å². The molecule has 2 aromatic heterocycles. The third-order valence-electron chi connectivity index (χ3n) is 8.09. The van der Waals surface area contributed by atoms with Crippen molar-refractivity contribution in [1.29, 1.82) is 0 Å². The summed E-state index contributed by atoms with van der Waals surface area (Å²) >= 11 is 0. The molecule has 0 radical (unpaired) electrons. The molecule has 8 rings (SSSR count). The Morgan fingerprint density at radius 3 is 1.74 bits per heavy atom. The molecule has 0 unspecified atom stereocenters. The summed E-state index contributed by atoms with van der Waals surface area (Å²) in [6, 6.07) is 53.7. The molecule has 0 saturated heterocycles. The second-order valence-electron chi connectivity index (χ2n) is 10.7. The van der Waals surface area contributed by atoms with Gasteiger partial charge in [-0.25, -0.2) is 4.98 Å². The van der Waals surface area contributed by atoms with Gasteiger partial charge in [-0.2, -0.15) is 0 Å². The van der Waals surface area contributed by atoms with Crippen LogP contribution in [0.4, 0.5) is 0 Å². The van der Waals surface area contributed by atoms with E-state index >= 15 is 0 Å². The van der Waals surface area contributed by atoms with Gasteiger partial charge >= 0.3 is 0 Å². The zero-order chi connectivity index (χ0) is 27.9. The zero-order valence-corrected chi connectivity index (χ0v) is 22.9. The van der Waals surface area contributed by atoms with E-state index in [4.69, 9.17) is 4.98 Å². The quantitative estimate of drug-likeness (QED) is 0.224. The van der Waals surface area contributed by atoms with E-state index in [0.29, 0.717) is 0 Å². The molecule has 2 nitrogen and oxygen atoms in total. The summed E-state index contributed by atoms with van der Waals surface area (Å²) in [6.45, 7) is 0. The van der Waals surface area contributed by atoms with Crippen molar-refractivity contribution in [2.45, 2.75) is 0 Å². The molecule has 0 atom stereocenters. The Hall–Kier alpha value is -5.60. The lowest BCUT2D eigenvalue weighted by atomic mass is 9.97. The van der Waals surface area contributed by atoms with E-state index in [9.17, 15) is 0 Å². The fourth-order valence-electron chi connectivity index (χ4n) is 5.82. The van der Waals surface area contributed by atoms with Crippen LogP contribution in [0.5, 0.6) is 0 Å². The molecule has 0 aliphatic carbocycles. The minimum absolute atomic E-state index is 0.969. The van der Waals surface area contributed by atoms with Crippen LogP contribution in [-0.2, 0) is 0 Å². The normalized spacial score (nSPS) is 11.3. The van der Waals surface area contributed by atoms with Crippen LogP contribution in [0.1, 0.15) is 0 Å². The highest BCUT2D eigenvalue weighted by Crippen LogP contribution is 2.34. The Balaban J connectivity index is 1.16. The van der Waals surface area contributed by atoms with Gasteiger partial charge in [-0.15, -0.1) is 0 Å². The maximum absolute atomic E-state index is 5.22. The first-order valence-electron chi connectivity index (χ1n) is 14.2. The fourth-order valence-corrected chi connectivity index (χ4v) is 5.82. The van der Waals surface area contributed by atoms with E-state index in [1.54, 1.807) is 0 Å². The summed E-state index contributed by atoms with van der Waals surface area (Å²) in [6.07, 6.45) is 1.95. The molecule has 8 aromatic rings. The molecule has 2 heterocycles. The monoisotopic (exact) mass is 534 g/mol. The van der Waals surface area contributed by atoms with Crippen LogP contribution in [0.15, 0.2) is 158 Å². The van der Waals surface area contributed by atoms with Crippen molar-refractivity contribution >= 4 is 32.4 Å². The van der Waals surface area contributed by atoms with Gasteiger partial charge in [-0.05, 0) is 57.1 Å². The summed E-state index contributed by atoms with van der Waals surface area (Å²) in [5.74, 6) is 0. The van der Waals surface area contributed by atoms with Gasteiger partial charge in [0.05, 0.1) is 16.9 Å². The molecule has 0 aliphatic rings. The van der Waals surface area contributed by atoms with Crippen LogP contribution in [0.2, 0.25) is 0 Å². The number of para-hydroxylation sites is 1. The fraction of sp³-hybridized carbons (Fsp3) is 0. The zero-order valence-electron chi connectivity index (χ0n) is 22.9. The van der Waals surface area contributed by atoms with Gasteiger partial charge in [0, 0.05) is 33.7 Å². The van der Waals surface area contributed by atoms with Crippen LogP contribution in [0, 0.1) is 0 Å². The van der Waals surface area contributed by atoms with E-state index in [0.717, 1.165) is 49.9 Å². The Morgan fingerprint density at radius 2 is 0.929 bits per heavy atom. The second-order valence-corrected chi connectivity index (χ2v) is 10.7. The highest BCUT2D eigenvalue weighted by Gasteiger charge is 2.11. The van der Waals surface area contributed by atoms with Crippen molar-refractivity contribution < 1.29 is 0 Å². The van der Waals surface area contributed by atoms with Gasteiger partial charge in [-0.3, -0.25) is 4.98 Å². The van der Waals surface area contributed by atoms with Gasteiger partial charge in [0.1, 0.15) is 0 Å².